The summed E-state index contributed by atoms with van der Waals surface area (Å²) in [6.45, 7) is 7.08. The number of ether oxygens (including phenoxy) is 1. The Labute approximate surface area is 118 Å². The van der Waals surface area contributed by atoms with Crippen molar-refractivity contribution in [2.75, 3.05) is 19.7 Å². The third kappa shape index (κ3) is 8.87. The van der Waals surface area contributed by atoms with Crippen LogP contribution in [0.4, 0.5) is 0 Å². The van der Waals surface area contributed by atoms with Crippen molar-refractivity contribution in [1.82, 2.24) is 5.32 Å². The zero-order valence-corrected chi connectivity index (χ0v) is 12.7. The topological polar surface area (TPSA) is 59.6 Å². The SMILES string of the molecule is CC(C)CCCCCCNC(N)=NCC1CCCO1. The molecule has 1 aliphatic rings. The molecule has 0 aliphatic carbocycles. The number of nitrogens with two attached hydrogens (primary N) is 1. The van der Waals surface area contributed by atoms with Crippen molar-refractivity contribution in [2.45, 2.75) is 64.9 Å². The fraction of sp³-hybridized carbons (Fsp3) is 0.933. The van der Waals surface area contributed by atoms with Gasteiger partial charge < -0.3 is 15.8 Å². The van der Waals surface area contributed by atoms with E-state index in [1.165, 1.54) is 32.1 Å². The van der Waals surface area contributed by atoms with E-state index in [-0.39, 0.29) is 6.10 Å². The van der Waals surface area contributed by atoms with Gasteiger partial charge in [-0.05, 0) is 25.2 Å². The lowest BCUT2D eigenvalue weighted by Gasteiger charge is -2.08. The van der Waals surface area contributed by atoms with Gasteiger partial charge in [0.1, 0.15) is 0 Å². The monoisotopic (exact) mass is 269 g/mol. The first-order valence-electron chi connectivity index (χ1n) is 7.84. The number of guanidine groups is 1. The number of rotatable bonds is 9. The Morgan fingerprint density at radius 2 is 2.11 bits per heavy atom. The summed E-state index contributed by atoms with van der Waals surface area (Å²) in [5, 5.41) is 3.18. The van der Waals surface area contributed by atoms with Crippen LogP contribution in [-0.2, 0) is 4.74 Å². The highest BCUT2D eigenvalue weighted by atomic mass is 16.5. The van der Waals surface area contributed by atoms with Crippen molar-refractivity contribution in [3.8, 4) is 0 Å². The summed E-state index contributed by atoms with van der Waals surface area (Å²) in [5.74, 6) is 1.40. The highest BCUT2D eigenvalue weighted by Crippen LogP contribution is 2.11. The lowest BCUT2D eigenvalue weighted by molar-refractivity contribution is 0.118. The first kappa shape index (κ1) is 16.3. The molecular weight excluding hydrogens is 238 g/mol. The van der Waals surface area contributed by atoms with E-state index < -0.39 is 0 Å². The number of aliphatic imine (C=N–C) groups is 1. The third-order valence-electron chi connectivity index (χ3n) is 3.50. The van der Waals surface area contributed by atoms with E-state index in [2.05, 4.69) is 24.2 Å². The highest BCUT2D eigenvalue weighted by Gasteiger charge is 2.14. The molecule has 19 heavy (non-hydrogen) atoms. The van der Waals surface area contributed by atoms with Crippen molar-refractivity contribution in [1.29, 1.82) is 0 Å². The van der Waals surface area contributed by atoms with E-state index in [4.69, 9.17) is 10.5 Å². The average molecular weight is 269 g/mol. The van der Waals surface area contributed by atoms with Gasteiger partial charge in [-0.2, -0.15) is 0 Å². The first-order chi connectivity index (χ1) is 9.18. The molecule has 1 unspecified atom stereocenters. The molecule has 0 aromatic rings. The van der Waals surface area contributed by atoms with Gasteiger partial charge in [0.15, 0.2) is 5.96 Å². The molecule has 4 nitrogen and oxygen atoms in total. The second-order valence-corrected chi connectivity index (χ2v) is 5.88. The molecule has 4 heteroatoms. The molecule has 0 saturated carbocycles. The summed E-state index contributed by atoms with van der Waals surface area (Å²) in [7, 11) is 0. The van der Waals surface area contributed by atoms with Crippen LogP contribution in [0.15, 0.2) is 4.99 Å². The van der Waals surface area contributed by atoms with E-state index in [9.17, 15) is 0 Å². The van der Waals surface area contributed by atoms with E-state index in [0.717, 1.165) is 31.9 Å². The molecule has 0 radical (unpaired) electrons. The van der Waals surface area contributed by atoms with Crippen molar-refractivity contribution in [3.05, 3.63) is 0 Å². The van der Waals surface area contributed by atoms with Crippen LogP contribution in [0.1, 0.15) is 58.8 Å². The second kappa shape index (κ2) is 10.1. The Morgan fingerprint density at radius 1 is 1.32 bits per heavy atom. The van der Waals surface area contributed by atoms with Crippen molar-refractivity contribution in [2.24, 2.45) is 16.6 Å². The predicted molar refractivity (Wildman–Crippen MR) is 81.4 cm³/mol. The molecule has 1 rings (SSSR count). The van der Waals surface area contributed by atoms with Gasteiger partial charge in [0.05, 0.1) is 12.6 Å². The van der Waals surface area contributed by atoms with Gasteiger partial charge in [-0.1, -0.05) is 39.5 Å². The smallest absolute Gasteiger partial charge is 0.188 e. The molecule has 1 heterocycles. The number of unbranched alkanes of at least 4 members (excludes halogenated alkanes) is 3. The molecule has 1 aliphatic heterocycles. The van der Waals surface area contributed by atoms with Crippen LogP contribution < -0.4 is 11.1 Å². The molecule has 1 saturated heterocycles. The predicted octanol–water partition coefficient (Wildman–Crippen LogP) is 2.68. The molecule has 0 amide bonds. The highest BCUT2D eigenvalue weighted by molar-refractivity contribution is 5.77. The summed E-state index contributed by atoms with van der Waals surface area (Å²) < 4.78 is 5.50. The lowest BCUT2D eigenvalue weighted by Crippen LogP contribution is -2.33. The minimum atomic E-state index is 0.288. The summed E-state index contributed by atoms with van der Waals surface area (Å²) >= 11 is 0. The molecule has 1 fully saturated rings. The van der Waals surface area contributed by atoms with Gasteiger partial charge in [-0.15, -0.1) is 0 Å². The Hall–Kier alpha value is -0.770. The largest absolute Gasteiger partial charge is 0.376 e. The van der Waals surface area contributed by atoms with Crippen molar-refractivity contribution in [3.63, 3.8) is 0 Å². The van der Waals surface area contributed by atoms with Crippen LogP contribution in [0.25, 0.3) is 0 Å². The van der Waals surface area contributed by atoms with Gasteiger partial charge in [0.2, 0.25) is 0 Å². The van der Waals surface area contributed by atoms with Gasteiger partial charge in [0.25, 0.3) is 0 Å². The normalized spacial score (nSPS) is 20.2. The third-order valence-corrected chi connectivity index (χ3v) is 3.50. The maximum Gasteiger partial charge on any atom is 0.188 e. The second-order valence-electron chi connectivity index (χ2n) is 5.88. The van der Waals surface area contributed by atoms with Crippen LogP contribution in [0, 0.1) is 5.92 Å². The summed E-state index contributed by atoms with van der Waals surface area (Å²) in [6.07, 6.45) is 9.03. The fourth-order valence-corrected chi connectivity index (χ4v) is 2.29. The number of nitrogens with one attached hydrogen (secondary N) is 1. The minimum absolute atomic E-state index is 0.288. The first-order valence-corrected chi connectivity index (χ1v) is 7.84. The van der Waals surface area contributed by atoms with E-state index in [0.29, 0.717) is 12.5 Å². The molecule has 0 bridgehead atoms. The molecular formula is C15H31N3O. The van der Waals surface area contributed by atoms with Crippen LogP contribution in [-0.4, -0.2) is 31.8 Å². The molecule has 0 spiro atoms. The van der Waals surface area contributed by atoms with Gasteiger partial charge in [-0.25, -0.2) is 0 Å². The van der Waals surface area contributed by atoms with Crippen LogP contribution in [0.5, 0.6) is 0 Å². The van der Waals surface area contributed by atoms with Crippen LogP contribution in [0.3, 0.4) is 0 Å². The van der Waals surface area contributed by atoms with E-state index in [1.54, 1.807) is 0 Å². The van der Waals surface area contributed by atoms with Crippen LogP contribution >= 0.6 is 0 Å². The van der Waals surface area contributed by atoms with Gasteiger partial charge in [0, 0.05) is 13.2 Å². The zero-order chi connectivity index (χ0) is 13.9. The number of hydrogen-bond acceptors (Lipinski definition) is 2. The van der Waals surface area contributed by atoms with Crippen molar-refractivity contribution >= 4 is 5.96 Å². The summed E-state index contributed by atoms with van der Waals surface area (Å²) in [6, 6.07) is 0. The summed E-state index contributed by atoms with van der Waals surface area (Å²) in [5.41, 5.74) is 5.82. The maximum absolute atomic E-state index is 5.82. The standard InChI is InChI=1S/C15H31N3O/c1-13(2)8-5-3-4-6-10-17-15(16)18-12-14-9-7-11-19-14/h13-14H,3-12H2,1-2H3,(H3,16,17,18). The number of nitrogens with zero attached hydrogens (tertiary/aromatic N) is 1. The summed E-state index contributed by atoms with van der Waals surface area (Å²) in [4.78, 5) is 4.32. The van der Waals surface area contributed by atoms with Crippen LogP contribution in [0.2, 0.25) is 0 Å². The van der Waals surface area contributed by atoms with Gasteiger partial charge in [-0.3, -0.25) is 4.99 Å². The quantitative estimate of drug-likeness (QED) is 0.384. The fourth-order valence-electron chi connectivity index (χ4n) is 2.29. The Kier molecular flexibility index (Phi) is 8.63. The van der Waals surface area contributed by atoms with E-state index in [1.807, 2.05) is 0 Å². The van der Waals surface area contributed by atoms with Gasteiger partial charge >= 0.3 is 0 Å². The molecule has 3 N–H and O–H groups in total. The number of hydrogen-bond donors (Lipinski definition) is 2. The molecule has 112 valence electrons. The Balaban J connectivity index is 1.91. The molecule has 0 aromatic carbocycles. The maximum atomic E-state index is 5.82. The average Bonchev–Trinajstić information content (AvgIpc) is 2.88. The minimum Gasteiger partial charge on any atom is -0.376 e. The lowest BCUT2D eigenvalue weighted by atomic mass is 10.0. The molecule has 1 atom stereocenters. The Morgan fingerprint density at radius 3 is 2.79 bits per heavy atom. The zero-order valence-electron chi connectivity index (χ0n) is 12.7. The van der Waals surface area contributed by atoms with E-state index >= 15 is 0 Å². The van der Waals surface area contributed by atoms with Crippen molar-refractivity contribution < 1.29 is 4.74 Å². The molecule has 0 aromatic heterocycles. The Bertz CT molecular complexity index is 248.